The molecule has 2 aromatic rings. The first-order chi connectivity index (χ1) is 9.69. The van der Waals surface area contributed by atoms with Crippen molar-refractivity contribution in [2.45, 2.75) is 12.8 Å². The molecule has 0 bridgehead atoms. The Morgan fingerprint density at radius 3 is 2.95 bits per heavy atom. The summed E-state index contributed by atoms with van der Waals surface area (Å²) in [6.07, 6.45) is 3.04. The molecule has 0 aliphatic rings. The van der Waals surface area contributed by atoms with Crippen LogP contribution in [0.5, 0.6) is 0 Å². The molecule has 0 aliphatic carbocycles. The highest BCUT2D eigenvalue weighted by atomic mass is 16.1. The summed E-state index contributed by atoms with van der Waals surface area (Å²) in [4.78, 5) is 16.1. The van der Waals surface area contributed by atoms with Crippen molar-refractivity contribution in [3.63, 3.8) is 0 Å². The Kier molecular flexibility index (Phi) is 4.84. The topological polar surface area (TPSA) is 85.8 Å². The third-order valence-electron chi connectivity index (χ3n) is 2.90. The van der Waals surface area contributed by atoms with E-state index in [-0.39, 0.29) is 5.91 Å². The molecule has 0 radical (unpaired) electrons. The van der Waals surface area contributed by atoms with Gasteiger partial charge in [0.25, 0.3) is 5.91 Å². The summed E-state index contributed by atoms with van der Waals surface area (Å²) < 4.78 is 1.65. The van der Waals surface area contributed by atoms with Crippen molar-refractivity contribution in [2.75, 3.05) is 13.1 Å². The highest BCUT2D eigenvalue weighted by Gasteiger charge is 2.06. The van der Waals surface area contributed by atoms with Crippen LogP contribution in [0.15, 0.2) is 30.6 Å². The number of carbonyl (C=O) groups excluding carboxylic acids is 1. The second-order valence-electron chi connectivity index (χ2n) is 4.58. The lowest BCUT2D eigenvalue weighted by molar-refractivity contribution is 0.0954. The number of nitrogens with zero attached hydrogens (tertiary/aromatic N) is 3. The van der Waals surface area contributed by atoms with Crippen LogP contribution in [0.2, 0.25) is 0 Å². The Hall–Kier alpha value is -2.21. The van der Waals surface area contributed by atoms with Crippen LogP contribution in [0.4, 0.5) is 0 Å². The average Bonchev–Trinajstić information content (AvgIpc) is 2.85. The summed E-state index contributed by atoms with van der Waals surface area (Å²) in [6.45, 7) is 1.10. The van der Waals surface area contributed by atoms with Crippen molar-refractivity contribution in [1.82, 2.24) is 20.1 Å². The van der Waals surface area contributed by atoms with Crippen molar-refractivity contribution in [3.05, 3.63) is 47.5 Å². The SMILES string of the molecule is Cn1cnc(CCNC(=O)c2cccc(CCN)c2)n1. The van der Waals surface area contributed by atoms with Crippen LogP contribution in [0.3, 0.4) is 0 Å². The predicted octanol–water partition coefficient (Wildman–Crippen LogP) is 0.289. The lowest BCUT2D eigenvalue weighted by atomic mass is 10.1. The lowest BCUT2D eigenvalue weighted by Crippen LogP contribution is -2.26. The summed E-state index contributed by atoms with van der Waals surface area (Å²) in [5.41, 5.74) is 7.25. The molecule has 106 valence electrons. The van der Waals surface area contributed by atoms with Crippen molar-refractivity contribution in [1.29, 1.82) is 0 Å². The van der Waals surface area contributed by atoms with Gasteiger partial charge in [-0.1, -0.05) is 12.1 Å². The first-order valence-electron chi connectivity index (χ1n) is 6.61. The fraction of sp³-hybridized carbons (Fsp3) is 0.357. The number of aromatic nitrogens is 3. The lowest BCUT2D eigenvalue weighted by Gasteiger charge is -2.05. The molecular formula is C14H19N5O. The van der Waals surface area contributed by atoms with Gasteiger partial charge < -0.3 is 11.1 Å². The minimum atomic E-state index is -0.0835. The molecule has 0 atom stereocenters. The van der Waals surface area contributed by atoms with Crippen molar-refractivity contribution < 1.29 is 4.79 Å². The molecular weight excluding hydrogens is 254 g/mol. The van der Waals surface area contributed by atoms with Crippen LogP contribution in [-0.2, 0) is 19.9 Å². The number of aryl methyl sites for hydroxylation is 1. The van der Waals surface area contributed by atoms with Crippen LogP contribution in [0, 0.1) is 0 Å². The molecule has 3 N–H and O–H groups in total. The summed E-state index contributed by atoms with van der Waals surface area (Å²) in [5, 5.41) is 7.03. The van der Waals surface area contributed by atoms with E-state index in [1.165, 1.54) is 0 Å². The third-order valence-corrected chi connectivity index (χ3v) is 2.90. The summed E-state index contributed by atoms with van der Waals surface area (Å²) in [6, 6.07) is 7.53. The molecule has 0 saturated carbocycles. The zero-order valence-corrected chi connectivity index (χ0v) is 11.5. The first kappa shape index (κ1) is 14.2. The minimum Gasteiger partial charge on any atom is -0.352 e. The molecule has 20 heavy (non-hydrogen) atoms. The van der Waals surface area contributed by atoms with Gasteiger partial charge in [-0.15, -0.1) is 0 Å². The number of nitrogens with one attached hydrogen (secondary N) is 1. The molecule has 1 aromatic carbocycles. The van der Waals surface area contributed by atoms with E-state index in [4.69, 9.17) is 5.73 Å². The van der Waals surface area contributed by atoms with E-state index >= 15 is 0 Å². The third kappa shape index (κ3) is 3.89. The van der Waals surface area contributed by atoms with Gasteiger partial charge in [-0.05, 0) is 30.7 Å². The summed E-state index contributed by atoms with van der Waals surface area (Å²) in [5.74, 6) is 0.643. The number of hydrogen-bond donors (Lipinski definition) is 2. The van der Waals surface area contributed by atoms with E-state index in [1.54, 1.807) is 17.1 Å². The second kappa shape index (κ2) is 6.81. The maximum atomic E-state index is 12.0. The monoisotopic (exact) mass is 273 g/mol. The second-order valence-corrected chi connectivity index (χ2v) is 4.58. The molecule has 6 heteroatoms. The normalized spacial score (nSPS) is 10.5. The van der Waals surface area contributed by atoms with Gasteiger partial charge in [0.15, 0.2) is 5.82 Å². The minimum absolute atomic E-state index is 0.0835. The molecule has 0 spiro atoms. The number of amides is 1. The Bertz CT molecular complexity index is 578. The first-order valence-corrected chi connectivity index (χ1v) is 6.61. The Labute approximate surface area is 118 Å². The molecule has 2 rings (SSSR count). The molecule has 0 aliphatic heterocycles. The van der Waals surface area contributed by atoms with E-state index in [9.17, 15) is 4.79 Å². The highest BCUT2D eigenvalue weighted by Crippen LogP contribution is 2.05. The van der Waals surface area contributed by atoms with Crippen LogP contribution in [0.25, 0.3) is 0 Å². The van der Waals surface area contributed by atoms with E-state index in [1.807, 2.05) is 25.2 Å². The molecule has 1 amide bonds. The van der Waals surface area contributed by atoms with Crippen molar-refractivity contribution in [3.8, 4) is 0 Å². The number of benzene rings is 1. The smallest absolute Gasteiger partial charge is 0.251 e. The molecule has 0 fully saturated rings. The van der Waals surface area contributed by atoms with Crippen LogP contribution >= 0.6 is 0 Å². The molecule has 0 saturated heterocycles. The van der Waals surface area contributed by atoms with Gasteiger partial charge >= 0.3 is 0 Å². The Morgan fingerprint density at radius 2 is 2.25 bits per heavy atom. The van der Waals surface area contributed by atoms with Crippen LogP contribution < -0.4 is 11.1 Å². The van der Waals surface area contributed by atoms with Crippen molar-refractivity contribution in [2.24, 2.45) is 12.8 Å². The largest absolute Gasteiger partial charge is 0.352 e. The van der Waals surface area contributed by atoms with Gasteiger partial charge in [0.2, 0.25) is 0 Å². The number of hydrogen-bond acceptors (Lipinski definition) is 4. The standard InChI is InChI=1S/C14H19N5O/c1-19-10-17-13(18-19)6-8-16-14(20)12-4-2-3-11(9-12)5-7-15/h2-4,9-10H,5-8,15H2,1H3,(H,16,20). The van der Waals surface area contributed by atoms with E-state index in [2.05, 4.69) is 15.4 Å². The van der Waals surface area contributed by atoms with Gasteiger partial charge in [-0.25, -0.2) is 4.98 Å². The van der Waals surface area contributed by atoms with Crippen LogP contribution in [0.1, 0.15) is 21.7 Å². The van der Waals surface area contributed by atoms with Crippen molar-refractivity contribution >= 4 is 5.91 Å². The van der Waals surface area contributed by atoms with Gasteiger partial charge in [0.05, 0.1) is 0 Å². The number of carbonyl (C=O) groups is 1. The van der Waals surface area contributed by atoms with E-state index in [0.717, 1.165) is 17.8 Å². The maximum Gasteiger partial charge on any atom is 0.251 e. The number of nitrogens with two attached hydrogens (primary N) is 1. The molecule has 0 unspecified atom stereocenters. The van der Waals surface area contributed by atoms with Gasteiger partial charge in [-0.3, -0.25) is 9.48 Å². The fourth-order valence-electron chi connectivity index (χ4n) is 1.92. The predicted molar refractivity (Wildman–Crippen MR) is 76.2 cm³/mol. The molecule has 1 heterocycles. The quantitative estimate of drug-likeness (QED) is 0.792. The Morgan fingerprint density at radius 1 is 1.40 bits per heavy atom. The maximum absolute atomic E-state index is 12.0. The van der Waals surface area contributed by atoms with E-state index < -0.39 is 0 Å². The molecule has 1 aromatic heterocycles. The fourth-order valence-corrected chi connectivity index (χ4v) is 1.92. The zero-order chi connectivity index (χ0) is 14.4. The zero-order valence-electron chi connectivity index (χ0n) is 11.5. The molecule has 6 nitrogen and oxygen atoms in total. The summed E-state index contributed by atoms with van der Waals surface area (Å²) >= 11 is 0. The average molecular weight is 273 g/mol. The number of rotatable bonds is 6. The van der Waals surface area contributed by atoms with Crippen LogP contribution in [-0.4, -0.2) is 33.8 Å². The Balaban J connectivity index is 1.86. The van der Waals surface area contributed by atoms with Gasteiger partial charge in [0.1, 0.15) is 6.33 Å². The van der Waals surface area contributed by atoms with Gasteiger partial charge in [0, 0.05) is 25.6 Å². The highest BCUT2D eigenvalue weighted by molar-refractivity contribution is 5.94. The summed E-state index contributed by atoms with van der Waals surface area (Å²) in [7, 11) is 1.82. The van der Waals surface area contributed by atoms with Gasteiger partial charge in [-0.2, -0.15) is 5.10 Å². The van der Waals surface area contributed by atoms with E-state index in [0.29, 0.717) is 25.1 Å².